The van der Waals surface area contributed by atoms with Crippen molar-refractivity contribution in [2.45, 2.75) is 26.2 Å². The fourth-order valence-electron chi connectivity index (χ4n) is 1.33. The molecular weight excluding hydrogens is 238 g/mol. The summed E-state index contributed by atoms with van der Waals surface area (Å²) in [5.41, 5.74) is 0.861. The number of anilines is 1. The molecule has 0 aliphatic rings. The van der Waals surface area contributed by atoms with E-state index < -0.39 is 0 Å². The Kier molecular flexibility index (Phi) is 6.48. The second kappa shape index (κ2) is 7.96. The first kappa shape index (κ1) is 13.8. The standard InChI is InChI=1S/C13H18ClNO2/c1-2-3-4-9-17-13(16)10-15-12-7-5-11(14)6-8-12/h5-8,15H,2-4,9-10H2,1H3. The van der Waals surface area contributed by atoms with Crippen LogP contribution in [0.15, 0.2) is 24.3 Å². The summed E-state index contributed by atoms with van der Waals surface area (Å²) in [6.07, 6.45) is 3.15. The number of benzene rings is 1. The molecule has 94 valence electrons. The minimum atomic E-state index is -0.226. The highest BCUT2D eigenvalue weighted by atomic mass is 35.5. The molecule has 3 nitrogen and oxygen atoms in total. The highest BCUT2D eigenvalue weighted by molar-refractivity contribution is 6.30. The maximum atomic E-state index is 11.3. The number of rotatable bonds is 7. The van der Waals surface area contributed by atoms with Gasteiger partial charge in [0.2, 0.25) is 0 Å². The predicted octanol–water partition coefficient (Wildman–Crippen LogP) is 3.49. The third-order valence-corrected chi connectivity index (χ3v) is 2.54. The molecular formula is C13H18ClNO2. The van der Waals surface area contributed by atoms with Gasteiger partial charge in [0.25, 0.3) is 0 Å². The second-order valence-corrected chi connectivity index (χ2v) is 4.22. The van der Waals surface area contributed by atoms with E-state index in [1.807, 2.05) is 12.1 Å². The number of carbonyl (C=O) groups excluding carboxylic acids is 1. The number of hydrogen-bond donors (Lipinski definition) is 1. The van der Waals surface area contributed by atoms with E-state index in [4.69, 9.17) is 16.3 Å². The minimum absolute atomic E-state index is 0.188. The zero-order valence-corrected chi connectivity index (χ0v) is 10.8. The summed E-state index contributed by atoms with van der Waals surface area (Å²) >= 11 is 5.75. The summed E-state index contributed by atoms with van der Waals surface area (Å²) in [7, 11) is 0. The van der Waals surface area contributed by atoms with Crippen LogP contribution in [0.2, 0.25) is 5.02 Å². The van der Waals surface area contributed by atoms with Gasteiger partial charge in [0.1, 0.15) is 6.54 Å². The number of hydrogen-bond acceptors (Lipinski definition) is 3. The zero-order chi connectivity index (χ0) is 12.5. The fourth-order valence-corrected chi connectivity index (χ4v) is 1.46. The lowest BCUT2D eigenvalue weighted by Gasteiger charge is -2.07. The second-order valence-electron chi connectivity index (χ2n) is 3.79. The van der Waals surface area contributed by atoms with Crippen molar-refractivity contribution in [1.29, 1.82) is 0 Å². The van der Waals surface area contributed by atoms with E-state index >= 15 is 0 Å². The summed E-state index contributed by atoms with van der Waals surface area (Å²) in [6, 6.07) is 7.20. The van der Waals surface area contributed by atoms with Crippen molar-refractivity contribution >= 4 is 23.3 Å². The number of carbonyl (C=O) groups is 1. The fraction of sp³-hybridized carbons (Fsp3) is 0.462. The monoisotopic (exact) mass is 255 g/mol. The van der Waals surface area contributed by atoms with Gasteiger partial charge in [-0.05, 0) is 30.7 Å². The average Bonchev–Trinajstić information content (AvgIpc) is 2.34. The van der Waals surface area contributed by atoms with Crippen molar-refractivity contribution in [2.24, 2.45) is 0 Å². The Labute approximate surface area is 107 Å². The SMILES string of the molecule is CCCCCOC(=O)CNc1ccc(Cl)cc1. The molecule has 0 saturated carbocycles. The molecule has 17 heavy (non-hydrogen) atoms. The minimum Gasteiger partial charge on any atom is -0.464 e. The highest BCUT2D eigenvalue weighted by Gasteiger charge is 2.01. The van der Waals surface area contributed by atoms with Crippen molar-refractivity contribution in [3.05, 3.63) is 29.3 Å². The molecule has 1 aromatic carbocycles. The average molecular weight is 256 g/mol. The Hall–Kier alpha value is -1.22. The molecule has 1 aromatic rings. The van der Waals surface area contributed by atoms with Gasteiger partial charge in [0, 0.05) is 10.7 Å². The van der Waals surface area contributed by atoms with Crippen LogP contribution in [0.4, 0.5) is 5.69 Å². The van der Waals surface area contributed by atoms with Gasteiger partial charge in [-0.15, -0.1) is 0 Å². The lowest BCUT2D eigenvalue weighted by molar-refractivity contribution is -0.141. The van der Waals surface area contributed by atoms with Crippen LogP contribution >= 0.6 is 11.6 Å². The number of ether oxygens (including phenoxy) is 1. The highest BCUT2D eigenvalue weighted by Crippen LogP contribution is 2.12. The van der Waals surface area contributed by atoms with Crippen LogP contribution in [0.3, 0.4) is 0 Å². The van der Waals surface area contributed by atoms with Crippen LogP contribution in [0.5, 0.6) is 0 Å². The largest absolute Gasteiger partial charge is 0.464 e. The first-order chi connectivity index (χ1) is 8.22. The first-order valence-corrected chi connectivity index (χ1v) is 6.25. The molecule has 1 N–H and O–H groups in total. The van der Waals surface area contributed by atoms with Crippen molar-refractivity contribution in [1.82, 2.24) is 0 Å². The maximum absolute atomic E-state index is 11.3. The number of esters is 1. The molecule has 0 atom stereocenters. The van der Waals surface area contributed by atoms with E-state index in [0.717, 1.165) is 24.9 Å². The Morgan fingerprint density at radius 1 is 1.29 bits per heavy atom. The Balaban J connectivity index is 2.17. The van der Waals surface area contributed by atoms with Gasteiger partial charge in [-0.25, -0.2) is 0 Å². The van der Waals surface area contributed by atoms with Gasteiger partial charge in [-0.3, -0.25) is 4.79 Å². The molecule has 0 amide bonds. The quantitative estimate of drug-likeness (QED) is 0.599. The van der Waals surface area contributed by atoms with Crippen molar-refractivity contribution < 1.29 is 9.53 Å². The molecule has 0 aliphatic carbocycles. The van der Waals surface area contributed by atoms with Gasteiger partial charge in [-0.1, -0.05) is 31.4 Å². The molecule has 1 rings (SSSR count). The Morgan fingerprint density at radius 3 is 2.65 bits per heavy atom. The summed E-state index contributed by atoms with van der Waals surface area (Å²) in [4.78, 5) is 11.3. The molecule has 0 radical (unpaired) electrons. The summed E-state index contributed by atoms with van der Waals surface area (Å²) in [5, 5.41) is 3.66. The molecule has 0 bridgehead atoms. The number of unbranched alkanes of at least 4 members (excludes halogenated alkanes) is 2. The lowest BCUT2D eigenvalue weighted by Crippen LogP contribution is -2.17. The van der Waals surface area contributed by atoms with Gasteiger partial charge in [-0.2, -0.15) is 0 Å². The van der Waals surface area contributed by atoms with Crippen molar-refractivity contribution in [2.75, 3.05) is 18.5 Å². The molecule has 0 unspecified atom stereocenters. The van der Waals surface area contributed by atoms with Gasteiger partial charge in [0.05, 0.1) is 6.61 Å². The maximum Gasteiger partial charge on any atom is 0.325 e. The van der Waals surface area contributed by atoms with E-state index in [9.17, 15) is 4.79 Å². The molecule has 0 fully saturated rings. The van der Waals surface area contributed by atoms with E-state index in [1.54, 1.807) is 12.1 Å². The number of halogens is 1. The van der Waals surface area contributed by atoms with Gasteiger partial charge < -0.3 is 10.1 Å². The van der Waals surface area contributed by atoms with E-state index in [0.29, 0.717) is 11.6 Å². The predicted molar refractivity (Wildman–Crippen MR) is 70.4 cm³/mol. The van der Waals surface area contributed by atoms with Crippen LogP contribution in [-0.4, -0.2) is 19.1 Å². The van der Waals surface area contributed by atoms with Crippen LogP contribution in [0, 0.1) is 0 Å². The van der Waals surface area contributed by atoms with Crippen molar-refractivity contribution in [3.8, 4) is 0 Å². The van der Waals surface area contributed by atoms with Crippen LogP contribution in [-0.2, 0) is 9.53 Å². The van der Waals surface area contributed by atoms with E-state index in [1.165, 1.54) is 0 Å². The first-order valence-electron chi connectivity index (χ1n) is 5.87. The molecule has 4 heteroatoms. The molecule has 0 saturated heterocycles. The smallest absolute Gasteiger partial charge is 0.325 e. The topological polar surface area (TPSA) is 38.3 Å². The molecule has 0 spiro atoms. The van der Waals surface area contributed by atoms with E-state index in [2.05, 4.69) is 12.2 Å². The normalized spacial score (nSPS) is 10.0. The van der Waals surface area contributed by atoms with Crippen LogP contribution in [0.25, 0.3) is 0 Å². The summed E-state index contributed by atoms with van der Waals surface area (Å²) in [6.45, 7) is 2.81. The van der Waals surface area contributed by atoms with Crippen LogP contribution in [0.1, 0.15) is 26.2 Å². The van der Waals surface area contributed by atoms with E-state index in [-0.39, 0.29) is 12.5 Å². The summed E-state index contributed by atoms with van der Waals surface area (Å²) in [5.74, 6) is -0.226. The van der Waals surface area contributed by atoms with Gasteiger partial charge >= 0.3 is 5.97 Å². The van der Waals surface area contributed by atoms with Crippen molar-refractivity contribution in [3.63, 3.8) is 0 Å². The zero-order valence-electron chi connectivity index (χ0n) is 10.0. The number of nitrogens with one attached hydrogen (secondary N) is 1. The molecule has 0 heterocycles. The molecule has 0 aliphatic heterocycles. The Morgan fingerprint density at radius 2 is 2.00 bits per heavy atom. The summed E-state index contributed by atoms with van der Waals surface area (Å²) < 4.78 is 5.06. The Bertz CT molecular complexity index is 338. The van der Waals surface area contributed by atoms with Gasteiger partial charge in [0.15, 0.2) is 0 Å². The molecule has 0 aromatic heterocycles. The van der Waals surface area contributed by atoms with Crippen LogP contribution < -0.4 is 5.32 Å². The lowest BCUT2D eigenvalue weighted by atomic mass is 10.3. The third kappa shape index (κ3) is 6.17. The third-order valence-electron chi connectivity index (χ3n) is 2.29.